The highest BCUT2D eigenvalue weighted by Crippen LogP contribution is 2.52. The number of likely N-dealkylation sites (N-methyl/N-ethyl adjacent to an activating group) is 1. The van der Waals surface area contributed by atoms with Crippen molar-refractivity contribution in [1.29, 1.82) is 0 Å². The number of amides is 1. The quantitative estimate of drug-likeness (QED) is 0.468. The number of benzene rings is 1. The highest BCUT2D eigenvalue weighted by Gasteiger charge is 2.48. The normalized spacial score (nSPS) is 25.1. The summed E-state index contributed by atoms with van der Waals surface area (Å²) >= 11 is 8.12. The van der Waals surface area contributed by atoms with Crippen LogP contribution in [0.25, 0.3) is 0 Å². The van der Waals surface area contributed by atoms with E-state index in [1.807, 2.05) is 33.1 Å². The Kier molecular flexibility index (Phi) is 7.99. The fourth-order valence-electron chi connectivity index (χ4n) is 6.13. The summed E-state index contributed by atoms with van der Waals surface area (Å²) in [5.74, 6) is 0.143. The second-order valence-corrected chi connectivity index (χ2v) is 12.8. The molecular weight excluding hydrogens is 536 g/mol. The Hall–Kier alpha value is -2.20. The van der Waals surface area contributed by atoms with E-state index in [4.69, 9.17) is 21.1 Å². The van der Waals surface area contributed by atoms with Gasteiger partial charge in [0.05, 0.1) is 5.02 Å². The van der Waals surface area contributed by atoms with Crippen LogP contribution in [0.15, 0.2) is 21.8 Å². The van der Waals surface area contributed by atoms with Crippen LogP contribution in [0.4, 0.5) is 0 Å². The predicted molar refractivity (Wildman–Crippen MR) is 155 cm³/mol. The smallest absolute Gasteiger partial charge is 0.254 e. The third kappa shape index (κ3) is 5.43. The van der Waals surface area contributed by atoms with E-state index in [-0.39, 0.29) is 23.9 Å². The number of carbonyl (C=O) groups is 1. The first-order chi connectivity index (χ1) is 18.5. The van der Waals surface area contributed by atoms with Crippen molar-refractivity contribution in [2.75, 3.05) is 33.4 Å². The summed E-state index contributed by atoms with van der Waals surface area (Å²) in [7, 11) is 4.31. The molecule has 1 saturated heterocycles. The molecule has 1 aromatic heterocycles. The summed E-state index contributed by atoms with van der Waals surface area (Å²) in [6.45, 7) is 8.10. The summed E-state index contributed by atoms with van der Waals surface area (Å²) < 4.78 is 12.9. The molecule has 8 nitrogen and oxygen atoms in total. The Labute approximate surface area is 239 Å². The number of nitrogens with zero attached hydrogens (tertiary/aromatic N) is 2. The van der Waals surface area contributed by atoms with Crippen molar-refractivity contribution in [3.63, 3.8) is 0 Å². The maximum atomic E-state index is 13.2. The highest BCUT2D eigenvalue weighted by molar-refractivity contribution is 7.98. The topological polar surface area (TPSA) is 86.9 Å². The summed E-state index contributed by atoms with van der Waals surface area (Å²) in [5.41, 5.74) is 2.22. The van der Waals surface area contributed by atoms with Crippen LogP contribution < -0.4 is 20.3 Å². The minimum Gasteiger partial charge on any atom is -0.448 e. The first-order valence-electron chi connectivity index (χ1n) is 13.7. The van der Waals surface area contributed by atoms with E-state index < -0.39 is 5.79 Å². The second-order valence-electron chi connectivity index (χ2n) is 11.5. The third-order valence-corrected chi connectivity index (χ3v) is 9.83. The van der Waals surface area contributed by atoms with Crippen molar-refractivity contribution < 1.29 is 14.3 Å². The fraction of sp³-hybridized carbons (Fsp3) is 0.586. The minimum atomic E-state index is -0.819. The molecule has 39 heavy (non-hydrogen) atoms. The molecule has 1 aromatic carbocycles. The Morgan fingerprint density at radius 2 is 1.85 bits per heavy atom. The highest BCUT2D eigenvalue weighted by atomic mass is 35.5. The average Bonchev–Trinajstić information content (AvgIpc) is 3.24. The van der Waals surface area contributed by atoms with E-state index in [0.29, 0.717) is 45.3 Å². The first kappa shape index (κ1) is 28.3. The van der Waals surface area contributed by atoms with Crippen LogP contribution in [0.3, 0.4) is 0 Å². The number of hydrogen-bond donors (Lipinski definition) is 2. The zero-order valence-electron chi connectivity index (χ0n) is 23.7. The van der Waals surface area contributed by atoms with Crippen molar-refractivity contribution in [3.05, 3.63) is 49.9 Å². The van der Waals surface area contributed by atoms with Gasteiger partial charge in [0.25, 0.3) is 17.3 Å². The molecule has 1 aliphatic carbocycles. The molecule has 10 heteroatoms. The molecule has 0 spiro atoms. The molecule has 0 bridgehead atoms. The number of fused-ring (bicyclic) bond motifs is 1. The van der Waals surface area contributed by atoms with Gasteiger partial charge in [-0.3, -0.25) is 14.5 Å². The molecule has 2 aliphatic heterocycles. The van der Waals surface area contributed by atoms with E-state index in [2.05, 4.69) is 34.2 Å². The number of rotatable bonds is 7. The third-order valence-electron chi connectivity index (χ3n) is 8.74. The largest absolute Gasteiger partial charge is 0.448 e. The SMILES string of the molecule is CSc1cc(C)[nH]c(=O)c1CNC(=O)c1cc(Cl)c2c(c1C)O[C@](C)([C@H]1CC[C@@H](N3CC(N(C)C)C3)CC1)O2. The number of aromatic nitrogens is 1. The second kappa shape index (κ2) is 11.0. The van der Waals surface area contributed by atoms with Crippen LogP contribution >= 0.6 is 23.4 Å². The number of pyridine rings is 1. The van der Waals surface area contributed by atoms with Crippen LogP contribution in [0.2, 0.25) is 5.02 Å². The molecule has 3 heterocycles. The van der Waals surface area contributed by atoms with Crippen LogP contribution in [-0.4, -0.2) is 72.0 Å². The molecule has 2 aromatic rings. The van der Waals surface area contributed by atoms with Crippen molar-refractivity contribution in [3.8, 4) is 11.5 Å². The molecule has 3 aliphatic rings. The molecule has 2 N–H and O–H groups in total. The number of aromatic amines is 1. The van der Waals surface area contributed by atoms with Crippen LogP contribution in [0.1, 0.15) is 59.8 Å². The van der Waals surface area contributed by atoms with E-state index >= 15 is 0 Å². The number of hydrogen-bond acceptors (Lipinski definition) is 7. The number of likely N-dealkylation sites (tertiary alicyclic amines) is 1. The van der Waals surface area contributed by atoms with Gasteiger partial charge in [0.2, 0.25) is 0 Å². The van der Waals surface area contributed by atoms with Crippen LogP contribution in [-0.2, 0) is 6.54 Å². The van der Waals surface area contributed by atoms with Gasteiger partial charge in [-0.25, -0.2) is 0 Å². The minimum absolute atomic E-state index is 0.114. The van der Waals surface area contributed by atoms with E-state index in [9.17, 15) is 9.59 Å². The lowest BCUT2D eigenvalue weighted by Crippen LogP contribution is -2.61. The summed E-state index contributed by atoms with van der Waals surface area (Å²) in [4.78, 5) is 34.3. The van der Waals surface area contributed by atoms with Gasteiger partial charge < -0.3 is 24.7 Å². The monoisotopic (exact) mass is 574 g/mol. The standard InChI is InChI=1S/C29H39ClN4O4S/c1-16-11-24(39-6)22(28(36)32-16)13-31-27(35)21-12-23(30)26-25(17(21)2)37-29(3,38-26)18-7-9-19(10-8-18)34-14-20(15-34)33(4)5/h11-12,18-20H,7-10,13-15H2,1-6H3,(H,31,35)(H,32,36)/t18-,19+,29-/m0/s1. The van der Waals surface area contributed by atoms with Gasteiger partial charge in [-0.15, -0.1) is 11.8 Å². The Bertz CT molecular complexity index is 1320. The number of thioether (sulfide) groups is 1. The number of H-pyrrole nitrogens is 1. The lowest BCUT2D eigenvalue weighted by Gasteiger charge is -2.49. The molecule has 1 atom stereocenters. The Morgan fingerprint density at radius 3 is 2.49 bits per heavy atom. The number of carbonyl (C=O) groups excluding carboxylic acids is 1. The molecular formula is C29H39ClN4O4S. The van der Waals surface area contributed by atoms with Gasteiger partial charge in [-0.2, -0.15) is 0 Å². The van der Waals surface area contributed by atoms with Gasteiger partial charge in [-0.1, -0.05) is 11.6 Å². The molecule has 0 radical (unpaired) electrons. The van der Waals surface area contributed by atoms with Crippen molar-refractivity contribution in [2.45, 2.75) is 75.8 Å². The zero-order chi connectivity index (χ0) is 28.1. The maximum absolute atomic E-state index is 13.2. The van der Waals surface area contributed by atoms with Gasteiger partial charge in [0, 0.05) is 71.8 Å². The van der Waals surface area contributed by atoms with Crippen molar-refractivity contribution in [2.24, 2.45) is 5.92 Å². The lowest BCUT2D eigenvalue weighted by atomic mass is 9.80. The molecule has 1 saturated carbocycles. The number of nitrogens with one attached hydrogen (secondary N) is 2. The van der Waals surface area contributed by atoms with E-state index in [1.165, 1.54) is 11.8 Å². The van der Waals surface area contributed by atoms with Crippen molar-refractivity contribution >= 4 is 29.3 Å². The number of ether oxygens (including phenoxy) is 2. The zero-order valence-corrected chi connectivity index (χ0v) is 25.2. The van der Waals surface area contributed by atoms with Crippen LogP contribution in [0.5, 0.6) is 11.5 Å². The van der Waals surface area contributed by atoms with Crippen LogP contribution in [0, 0.1) is 19.8 Å². The first-order valence-corrected chi connectivity index (χ1v) is 15.3. The summed E-state index contributed by atoms with van der Waals surface area (Å²) in [6, 6.07) is 4.83. The molecule has 1 amide bonds. The molecule has 212 valence electrons. The fourth-order valence-corrected chi connectivity index (χ4v) is 7.07. The van der Waals surface area contributed by atoms with E-state index in [0.717, 1.165) is 49.4 Å². The van der Waals surface area contributed by atoms with E-state index in [1.54, 1.807) is 6.07 Å². The molecule has 0 unspecified atom stereocenters. The summed E-state index contributed by atoms with van der Waals surface area (Å²) in [6.07, 6.45) is 6.20. The maximum Gasteiger partial charge on any atom is 0.254 e. The van der Waals surface area contributed by atoms with Gasteiger partial charge >= 0.3 is 0 Å². The van der Waals surface area contributed by atoms with Gasteiger partial charge in [0.15, 0.2) is 11.5 Å². The summed E-state index contributed by atoms with van der Waals surface area (Å²) in [5, 5.41) is 3.25. The number of aryl methyl sites for hydroxylation is 1. The number of halogens is 1. The Morgan fingerprint density at radius 1 is 1.18 bits per heavy atom. The molecule has 2 fully saturated rings. The molecule has 5 rings (SSSR count). The lowest BCUT2D eigenvalue weighted by molar-refractivity contribution is -0.127. The average molecular weight is 575 g/mol. The predicted octanol–water partition coefficient (Wildman–Crippen LogP) is 4.59. The Balaban J connectivity index is 1.26. The van der Waals surface area contributed by atoms with Crippen molar-refractivity contribution in [1.82, 2.24) is 20.1 Å². The van der Waals surface area contributed by atoms with Gasteiger partial charge in [-0.05, 0) is 72.0 Å². The van der Waals surface area contributed by atoms with Gasteiger partial charge in [0.1, 0.15) is 0 Å².